The molecule has 0 saturated carbocycles. The van der Waals surface area contributed by atoms with Gasteiger partial charge in [-0.1, -0.05) is 6.07 Å². The molecular weight excluding hydrogens is 402 g/mol. The van der Waals surface area contributed by atoms with Gasteiger partial charge < -0.3 is 10.1 Å². The largest absolute Gasteiger partial charge is 0.497 e. The van der Waals surface area contributed by atoms with Crippen molar-refractivity contribution in [3.8, 4) is 5.75 Å². The van der Waals surface area contributed by atoms with Crippen molar-refractivity contribution in [1.82, 2.24) is 0 Å². The van der Waals surface area contributed by atoms with Gasteiger partial charge in [0.25, 0.3) is 15.9 Å². The molecule has 29 heavy (non-hydrogen) atoms. The number of hydrogen-bond acceptors (Lipinski definition) is 4. The molecule has 0 unspecified atom stereocenters. The van der Waals surface area contributed by atoms with Crippen molar-refractivity contribution in [3.05, 3.63) is 83.9 Å². The molecule has 0 aliphatic heterocycles. The summed E-state index contributed by atoms with van der Waals surface area (Å²) >= 11 is 0. The second kappa shape index (κ2) is 8.27. The first-order valence-electron chi connectivity index (χ1n) is 8.32. The third-order valence-electron chi connectivity index (χ3n) is 3.92. The van der Waals surface area contributed by atoms with E-state index in [4.69, 9.17) is 4.74 Å². The summed E-state index contributed by atoms with van der Waals surface area (Å²) in [5, 5.41) is 2.40. The number of carbonyl (C=O) groups excluding carboxylic acids is 1. The van der Waals surface area contributed by atoms with Gasteiger partial charge in [0.1, 0.15) is 17.4 Å². The van der Waals surface area contributed by atoms with Gasteiger partial charge >= 0.3 is 0 Å². The smallest absolute Gasteiger partial charge is 0.261 e. The van der Waals surface area contributed by atoms with E-state index in [1.807, 2.05) is 0 Å². The second-order valence-electron chi connectivity index (χ2n) is 5.94. The van der Waals surface area contributed by atoms with Crippen LogP contribution in [-0.2, 0) is 10.0 Å². The number of halogens is 2. The van der Waals surface area contributed by atoms with Crippen molar-refractivity contribution in [2.24, 2.45) is 0 Å². The van der Waals surface area contributed by atoms with Crippen LogP contribution in [0.4, 0.5) is 20.2 Å². The van der Waals surface area contributed by atoms with Gasteiger partial charge in [-0.2, -0.15) is 0 Å². The first-order valence-corrected chi connectivity index (χ1v) is 9.80. The number of ether oxygens (including phenoxy) is 1. The van der Waals surface area contributed by atoms with E-state index in [1.165, 1.54) is 31.4 Å². The topological polar surface area (TPSA) is 84.5 Å². The molecule has 0 spiro atoms. The molecule has 0 heterocycles. The minimum absolute atomic E-state index is 0.106. The number of methoxy groups -OCH3 is 1. The Hall–Kier alpha value is -3.46. The first kappa shape index (κ1) is 20.3. The molecule has 0 aliphatic rings. The molecule has 0 saturated heterocycles. The summed E-state index contributed by atoms with van der Waals surface area (Å²) in [6, 6.07) is 14.3. The first-order chi connectivity index (χ1) is 13.8. The maximum absolute atomic E-state index is 13.8. The molecule has 3 aromatic rings. The summed E-state index contributed by atoms with van der Waals surface area (Å²) in [6.45, 7) is 0. The highest BCUT2D eigenvalue weighted by molar-refractivity contribution is 7.92. The number of rotatable bonds is 6. The van der Waals surface area contributed by atoms with Crippen LogP contribution in [0.15, 0.2) is 71.6 Å². The number of amides is 1. The number of anilines is 2. The van der Waals surface area contributed by atoms with E-state index in [0.717, 1.165) is 12.1 Å². The lowest BCUT2D eigenvalue weighted by atomic mass is 10.2. The standard InChI is InChI=1S/C20H16F2N2O4S/c1-28-16-8-6-14(7-9-16)24-29(26,27)17-4-2-3-15(12-17)23-20(25)18-10-5-13(21)11-19(18)22/h2-12,24H,1H3,(H,23,25). The highest BCUT2D eigenvalue weighted by atomic mass is 32.2. The summed E-state index contributed by atoms with van der Waals surface area (Å²) < 4.78 is 59.4. The summed E-state index contributed by atoms with van der Waals surface area (Å²) in [7, 11) is -2.44. The Labute approximate surface area is 166 Å². The molecule has 0 atom stereocenters. The van der Waals surface area contributed by atoms with E-state index in [9.17, 15) is 22.0 Å². The Morgan fingerprint density at radius 3 is 2.31 bits per heavy atom. The van der Waals surface area contributed by atoms with Crippen LogP contribution in [0.3, 0.4) is 0 Å². The van der Waals surface area contributed by atoms with Crippen LogP contribution >= 0.6 is 0 Å². The monoisotopic (exact) mass is 418 g/mol. The fourth-order valence-corrected chi connectivity index (χ4v) is 3.59. The minimum Gasteiger partial charge on any atom is -0.497 e. The Balaban J connectivity index is 1.79. The van der Waals surface area contributed by atoms with Crippen molar-refractivity contribution in [1.29, 1.82) is 0 Å². The average molecular weight is 418 g/mol. The summed E-state index contributed by atoms with van der Waals surface area (Å²) in [6.07, 6.45) is 0. The van der Waals surface area contributed by atoms with Gasteiger partial charge in [0.15, 0.2) is 0 Å². The zero-order chi connectivity index (χ0) is 21.0. The second-order valence-corrected chi connectivity index (χ2v) is 7.62. The Kier molecular flexibility index (Phi) is 5.79. The zero-order valence-corrected chi connectivity index (χ0v) is 16.0. The van der Waals surface area contributed by atoms with Crippen LogP contribution in [0.5, 0.6) is 5.75 Å². The van der Waals surface area contributed by atoms with E-state index in [0.29, 0.717) is 17.5 Å². The summed E-state index contributed by atoms with van der Waals surface area (Å²) in [5.74, 6) is -2.09. The lowest BCUT2D eigenvalue weighted by Crippen LogP contribution is -2.16. The summed E-state index contributed by atoms with van der Waals surface area (Å²) in [5.41, 5.74) is 0.0981. The Morgan fingerprint density at radius 2 is 1.66 bits per heavy atom. The molecule has 0 bridgehead atoms. The van der Waals surface area contributed by atoms with Crippen molar-refractivity contribution in [3.63, 3.8) is 0 Å². The highest BCUT2D eigenvalue weighted by Crippen LogP contribution is 2.22. The SMILES string of the molecule is COc1ccc(NS(=O)(=O)c2cccc(NC(=O)c3ccc(F)cc3F)c2)cc1. The maximum Gasteiger partial charge on any atom is 0.261 e. The molecule has 3 rings (SSSR count). The molecule has 2 N–H and O–H groups in total. The van der Waals surface area contributed by atoms with Crippen LogP contribution in [0, 0.1) is 11.6 Å². The molecule has 0 radical (unpaired) electrons. The highest BCUT2D eigenvalue weighted by Gasteiger charge is 2.17. The van der Waals surface area contributed by atoms with Crippen molar-refractivity contribution in [2.75, 3.05) is 17.1 Å². The third-order valence-corrected chi connectivity index (χ3v) is 5.30. The van der Waals surface area contributed by atoms with Crippen LogP contribution in [-0.4, -0.2) is 21.4 Å². The van der Waals surface area contributed by atoms with E-state index < -0.39 is 27.6 Å². The zero-order valence-electron chi connectivity index (χ0n) is 15.1. The fourth-order valence-electron chi connectivity index (χ4n) is 2.49. The number of carbonyl (C=O) groups is 1. The number of hydrogen-bond donors (Lipinski definition) is 2. The lowest BCUT2D eigenvalue weighted by Gasteiger charge is -2.11. The molecule has 9 heteroatoms. The predicted octanol–water partition coefficient (Wildman–Crippen LogP) is 4.03. The van der Waals surface area contributed by atoms with Gasteiger partial charge in [0.2, 0.25) is 0 Å². The molecule has 150 valence electrons. The van der Waals surface area contributed by atoms with Crippen LogP contribution in [0.2, 0.25) is 0 Å². The molecule has 0 fully saturated rings. The maximum atomic E-state index is 13.8. The summed E-state index contributed by atoms with van der Waals surface area (Å²) in [4.78, 5) is 12.1. The molecule has 0 aliphatic carbocycles. The van der Waals surface area contributed by atoms with Crippen LogP contribution in [0.1, 0.15) is 10.4 Å². The van der Waals surface area contributed by atoms with Gasteiger partial charge in [0.05, 0.1) is 17.6 Å². The van der Waals surface area contributed by atoms with Crippen molar-refractivity contribution < 1.29 is 26.7 Å². The minimum atomic E-state index is -3.94. The predicted molar refractivity (Wildman–Crippen MR) is 105 cm³/mol. The van der Waals surface area contributed by atoms with Gasteiger partial charge in [-0.3, -0.25) is 9.52 Å². The van der Waals surface area contributed by atoms with E-state index in [1.54, 1.807) is 24.3 Å². The van der Waals surface area contributed by atoms with E-state index in [2.05, 4.69) is 10.0 Å². The number of nitrogens with one attached hydrogen (secondary N) is 2. The molecular formula is C20H16F2N2O4S. The van der Waals surface area contributed by atoms with Gasteiger partial charge in [-0.15, -0.1) is 0 Å². The van der Waals surface area contributed by atoms with Gasteiger partial charge in [-0.25, -0.2) is 17.2 Å². The number of sulfonamides is 1. The average Bonchev–Trinajstić information content (AvgIpc) is 2.68. The molecule has 6 nitrogen and oxygen atoms in total. The van der Waals surface area contributed by atoms with Crippen molar-refractivity contribution in [2.45, 2.75) is 4.90 Å². The van der Waals surface area contributed by atoms with Gasteiger partial charge in [0, 0.05) is 17.4 Å². The van der Waals surface area contributed by atoms with Gasteiger partial charge in [-0.05, 0) is 54.6 Å². The van der Waals surface area contributed by atoms with E-state index in [-0.39, 0.29) is 16.1 Å². The quantitative estimate of drug-likeness (QED) is 0.633. The fraction of sp³-hybridized carbons (Fsp3) is 0.0500. The Bertz CT molecular complexity index is 1150. The van der Waals surface area contributed by atoms with Crippen LogP contribution < -0.4 is 14.8 Å². The normalized spacial score (nSPS) is 11.0. The third kappa shape index (κ3) is 4.88. The molecule has 3 aromatic carbocycles. The number of benzene rings is 3. The van der Waals surface area contributed by atoms with E-state index >= 15 is 0 Å². The van der Waals surface area contributed by atoms with Crippen LogP contribution in [0.25, 0.3) is 0 Å². The Morgan fingerprint density at radius 1 is 0.931 bits per heavy atom. The lowest BCUT2D eigenvalue weighted by molar-refractivity contribution is 0.102. The molecule has 0 aromatic heterocycles. The van der Waals surface area contributed by atoms with Crippen molar-refractivity contribution >= 4 is 27.3 Å². The molecule has 1 amide bonds.